The Morgan fingerprint density at radius 2 is 1.87 bits per heavy atom. The highest BCUT2D eigenvalue weighted by Gasteiger charge is 2.24. The van der Waals surface area contributed by atoms with Crippen molar-refractivity contribution in [1.82, 2.24) is 20.0 Å². The van der Waals surface area contributed by atoms with E-state index >= 15 is 0 Å². The van der Waals surface area contributed by atoms with E-state index in [1.807, 2.05) is 49.4 Å². The predicted octanol–water partition coefficient (Wildman–Crippen LogP) is 4.61. The maximum Gasteiger partial charge on any atom is 0.255 e. The number of aryl methyl sites for hydroxylation is 1. The van der Waals surface area contributed by atoms with Crippen molar-refractivity contribution in [3.05, 3.63) is 92.5 Å². The second-order valence-corrected chi connectivity index (χ2v) is 8.19. The van der Waals surface area contributed by atoms with Crippen molar-refractivity contribution in [3.63, 3.8) is 0 Å². The SMILES string of the molecule is Cc1noc(-c2ccccc2)c1CN1CCc2nc(-c3ccc(Cl)cc3)[nH]c(=O)c2C1. The highest BCUT2D eigenvalue weighted by atomic mass is 35.5. The van der Waals surface area contributed by atoms with Crippen LogP contribution in [0.4, 0.5) is 0 Å². The van der Waals surface area contributed by atoms with E-state index in [-0.39, 0.29) is 5.56 Å². The number of nitrogens with one attached hydrogen (secondary N) is 1. The first-order valence-corrected chi connectivity index (χ1v) is 10.6. The van der Waals surface area contributed by atoms with Crippen LogP contribution in [0.15, 0.2) is 63.9 Å². The molecule has 0 saturated heterocycles. The third-order valence-electron chi connectivity index (χ3n) is 5.67. The van der Waals surface area contributed by atoms with Gasteiger partial charge in [-0.2, -0.15) is 0 Å². The lowest BCUT2D eigenvalue weighted by atomic mass is 10.0. The molecule has 0 bridgehead atoms. The molecule has 6 nitrogen and oxygen atoms in total. The minimum absolute atomic E-state index is 0.0926. The van der Waals surface area contributed by atoms with Crippen LogP contribution in [0.1, 0.15) is 22.5 Å². The lowest BCUT2D eigenvalue weighted by molar-refractivity contribution is 0.241. The van der Waals surface area contributed by atoms with Crippen LogP contribution < -0.4 is 5.56 Å². The lowest BCUT2D eigenvalue weighted by Crippen LogP contribution is -2.35. The van der Waals surface area contributed by atoms with Crippen LogP contribution in [0, 0.1) is 6.92 Å². The number of H-pyrrole nitrogens is 1. The first-order valence-electron chi connectivity index (χ1n) is 10.2. The number of aromatic amines is 1. The maximum atomic E-state index is 12.8. The number of nitrogens with zero attached hydrogens (tertiary/aromatic N) is 3. The number of rotatable bonds is 4. The van der Waals surface area contributed by atoms with E-state index in [9.17, 15) is 4.79 Å². The van der Waals surface area contributed by atoms with Gasteiger partial charge in [0.05, 0.1) is 17.0 Å². The van der Waals surface area contributed by atoms with E-state index in [0.717, 1.165) is 45.9 Å². The summed E-state index contributed by atoms with van der Waals surface area (Å²) in [6.07, 6.45) is 0.713. The molecule has 2 aromatic carbocycles. The molecule has 0 unspecified atom stereocenters. The van der Waals surface area contributed by atoms with Crippen LogP contribution in [0.3, 0.4) is 0 Å². The van der Waals surface area contributed by atoms with Crippen molar-refractivity contribution in [3.8, 4) is 22.7 Å². The van der Waals surface area contributed by atoms with E-state index in [1.165, 1.54) is 0 Å². The van der Waals surface area contributed by atoms with Crippen molar-refractivity contribution in [2.24, 2.45) is 0 Å². The Hall–Kier alpha value is -3.22. The predicted molar refractivity (Wildman–Crippen MR) is 120 cm³/mol. The molecule has 0 amide bonds. The Labute approximate surface area is 184 Å². The largest absolute Gasteiger partial charge is 0.356 e. The number of hydrogen-bond acceptors (Lipinski definition) is 5. The molecule has 1 N–H and O–H groups in total. The van der Waals surface area contributed by atoms with Crippen LogP contribution in [-0.4, -0.2) is 26.6 Å². The van der Waals surface area contributed by atoms with Gasteiger partial charge in [0.25, 0.3) is 5.56 Å². The monoisotopic (exact) mass is 432 g/mol. The molecule has 0 spiro atoms. The van der Waals surface area contributed by atoms with Gasteiger partial charge in [-0.05, 0) is 31.2 Å². The number of benzene rings is 2. The summed E-state index contributed by atoms with van der Waals surface area (Å²) in [7, 11) is 0. The Morgan fingerprint density at radius 1 is 1.10 bits per heavy atom. The number of halogens is 1. The average Bonchev–Trinajstić information content (AvgIpc) is 3.15. The second kappa shape index (κ2) is 8.13. The lowest BCUT2D eigenvalue weighted by Gasteiger charge is -2.27. The summed E-state index contributed by atoms with van der Waals surface area (Å²) in [6, 6.07) is 17.3. The molecule has 156 valence electrons. The third kappa shape index (κ3) is 3.92. The fraction of sp³-hybridized carbons (Fsp3) is 0.208. The highest BCUT2D eigenvalue weighted by Crippen LogP contribution is 2.29. The maximum absolute atomic E-state index is 12.8. The molecule has 0 fully saturated rings. The fourth-order valence-electron chi connectivity index (χ4n) is 3.98. The molecule has 7 heteroatoms. The number of aromatic nitrogens is 3. The van der Waals surface area contributed by atoms with Gasteiger partial charge in [0, 0.05) is 47.8 Å². The molecule has 0 atom stereocenters. The van der Waals surface area contributed by atoms with Crippen LogP contribution in [0.25, 0.3) is 22.7 Å². The molecule has 5 rings (SSSR count). The van der Waals surface area contributed by atoms with Gasteiger partial charge >= 0.3 is 0 Å². The Morgan fingerprint density at radius 3 is 2.65 bits per heavy atom. The quantitative estimate of drug-likeness (QED) is 0.509. The van der Waals surface area contributed by atoms with Crippen molar-refractivity contribution in [1.29, 1.82) is 0 Å². The first kappa shape index (κ1) is 19.7. The van der Waals surface area contributed by atoms with Gasteiger partial charge in [-0.1, -0.05) is 47.1 Å². The normalized spacial score (nSPS) is 13.9. The van der Waals surface area contributed by atoms with Crippen molar-refractivity contribution < 1.29 is 4.52 Å². The number of fused-ring (bicyclic) bond motifs is 1. The van der Waals surface area contributed by atoms with Crippen LogP contribution in [0.5, 0.6) is 0 Å². The van der Waals surface area contributed by atoms with E-state index < -0.39 is 0 Å². The molecule has 4 aromatic rings. The molecule has 31 heavy (non-hydrogen) atoms. The summed E-state index contributed by atoms with van der Waals surface area (Å²) < 4.78 is 5.62. The molecular formula is C24H21ClN4O2. The zero-order valence-electron chi connectivity index (χ0n) is 17.1. The van der Waals surface area contributed by atoms with E-state index in [1.54, 1.807) is 12.1 Å². The second-order valence-electron chi connectivity index (χ2n) is 7.75. The Bertz CT molecular complexity index is 1280. The van der Waals surface area contributed by atoms with Gasteiger partial charge in [-0.25, -0.2) is 4.98 Å². The van der Waals surface area contributed by atoms with Gasteiger partial charge in [-0.15, -0.1) is 0 Å². The van der Waals surface area contributed by atoms with Gasteiger partial charge in [-0.3, -0.25) is 9.69 Å². The molecule has 3 heterocycles. The standard InChI is InChI=1S/C24H21ClN4O2/c1-15-19(22(31-28-15)16-5-3-2-4-6-16)13-29-12-11-21-20(14-29)24(30)27-23(26-21)17-7-9-18(25)10-8-17/h2-10H,11-14H2,1H3,(H,26,27,30). The van der Waals surface area contributed by atoms with Gasteiger partial charge in [0.2, 0.25) is 0 Å². The summed E-state index contributed by atoms with van der Waals surface area (Å²) in [5.74, 6) is 1.36. The summed E-state index contributed by atoms with van der Waals surface area (Å²) in [6.45, 7) is 3.97. The van der Waals surface area contributed by atoms with Crippen molar-refractivity contribution in [2.75, 3.05) is 6.54 Å². The van der Waals surface area contributed by atoms with Crippen LogP contribution in [0.2, 0.25) is 5.02 Å². The first-order chi connectivity index (χ1) is 15.1. The minimum Gasteiger partial charge on any atom is -0.356 e. The fourth-order valence-corrected chi connectivity index (χ4v) is 4.10. The van der Waals surface area contributed by atoms with Crippen LogP contribution >= 0.6 is 11.6 Å². The topological polar surface area (TPSA) is 75.0 Å². The molecule has 1 aliphatic heterocycles. The molecule has 0 radical (unpaired) electrons. The molecule has 0 saturated carbocycles. The van der Waals surface area contributed by atoms with Crippen molar-refractivity contribution >= 4 is 11.6 Å². The third-order valence-corrected chi connectivity index (χ3v) is 5.92. The summed E-state index contributed by atoms with van der Waals surface area (Å²) in [5.41, 5.74) is 5.26. The van der Waals surface area contributed by atoms with E-state index in [4.69, 9.17) is 21.1 Å². The van der Waals surface area contributed by atoms with Gasteiger partial charge < -0.3 is 9.51 Å². The van der Waals surface area contributed by atoms with E-state index in [0.29, 0.717) is 30.4 Å². The minimum atomic E-state index is -0.0926. The molecule has 2 aromatic heterocycles. The summed E-state index contributed by atoms with van der Waals surface area (Å²) in [4.78, 5) is 22.8. The van der Waals surface area contributed by atoms with Crippen molar-refractivity contribution in [2.45, 2.75) is 26.4 Å². The zero-order valence-corrected chi connectivity index (χ0v) is 17.8. The highest BCUT2D eigenvalue weighted by molar-refractivity contribution is 6.30. The number of hydrogen-bond donors (Lipinski definition) is 1. The smallest absolute Gasteiger partial charge is 0.255 e. The molecule has 1 aliphatic rings. The van der Waals surface area contributed by atoms with Crippen LogP contribution in [-0.2, 0) is 19.5 Å². The molecule has 0 aliphatic carbocycles. The zero-order chi connectivity index (χ0) is 21.4. The Kier molecular flexibility index (Phi) is 5.18. The summed E-state index contributed by atoms with van der Waals surface area (Å²) >= 11 is 5.97. The average molecular weight is 433 g/mol. The Balaban J connectivity index is 1.41. The summed E-state index contributed by atoms with van der Waals surface area (Å²) in [5, 5.41) is 4.83. The van der Waals surface area contributed by atoms with Gasteiger partial charge in [0.1, 0.15) is 5.82 Å². The molecular weight excluding hydrogens is 412 g/mol. The van der Waals surface area contributed by atoms with Gasteiger partial charge in [0.15, 0.2) is 5.76 Å². The van der Waals surface area contributed by atoms with E-state index in [2.05, 4.69) is 15.0 Å².